The van der Waals surface area contributed by atoms with Crippen molar-refractivity contribution in [1.29, 1.82) is 0 Å². The van der Waals surface area contributed by atoms with Gasteiger partial charge in [-0.3, -0.25) is 4.98 Å². The Bertz CT molecular complexity index is 866. The third-order valence-electron chi connectivity index (χ3n) is 4.16. The molecule has 0 unspecified atom stereocenters. The zero-order valence-corrected chi connectivity index (χ0v) is 14.9. The predicted molar refractivity (Wildman–Crippen MR) is 99.8 cm³/mol. The van der Waals surface area contributed by atoms with Crippen LogP contribution in [0.25, 0.3) is 11.0 Å². The summed E-state index contributed by atoms with van der Waals surface area (Å²) in [6.45, 7) is 3.26. The number of pyridine rings is 1. The SMILES string of the molecule is Clc1ccc2nc(N3CCN(c4c(Cl)cncc4Cl)CC3)[nH]c2c1. The number of benzene rings is 1. The van der Waals surface area contributed by atoms with E-state index in [-0.39, 0.29) is 0 Å². The van der Waals surface area contributed by atoms with Gasteiger partial charge in [0.2, 0.25) is 5.95 Å². The Morgan fingerprint density at radius 1 is 0.917 bits per heavy atom. The van der Waals surface area contributed by atoms with E-state index in [1.165, 1.54) is 0 Å². The summed E-state index contributed by atoms with van der Waals surface area (Å²) < 4.78 is 0. The maximum atomic E-state index is 6.25. The maximum Gasteiger partial charge on any atom is 0.203 e. The van der Waals surface area contributed by atoms with Gasteiger partial charge in [-0.25, -0.2) is 4.98 Å². The zero-order valence-electron chi connectivity index (χ0n) is 12.6. The van der Waals surface area contributed by atoms with Crippen molar-refractivity contribution in [1.82, 2.24) is 15.0 Å². The minimum Gasteiger partial charge on any atom is -0.365 e. The van der Waals surface area contributed by atoms with Gasteiger partial charge in [0.05, 0.1) is 26.8 Å². The maximum absolute atomic E-state index is 6.25. The van der Waals surface area contributed by atoms with E-state index in [4.69, 9.17) is 34.8 Å². The number of nitrogens with zero attached hydrogens (tertiary/aromatic N) is 4. The van der Waals surface area contributed by atoms with Gasteiger partial charge >= 0.3 is 0 Å². The van der Waals surface area contributed by atoms with Crippen LogP contribution in [0, 0.1) is 0 Å². The second kappa shape index (κ2) is 6.31. The highest BCUT2D eigenvalue weighted by Gasteiger charge is 2.23. The number of H-pyrrole nitrogens is 1. The van der Waals surface area contributed by atoms with Gasteiger partial charge in [0.15, 0.2) is 0 Å². The smallest absolute Gasteiger partial charge is 0.203 e. The third-order valence-corrected chi connectivity index (χ3v) is 4.94. The Morgan fingerprint density at radius 3 is 2.29 bits per heavy atom. The Balaban J connectivity index is 1.53. The first kappa shape index (κ1) is 15.8. The van der Waals surface area contributed by atoms with E-state index in [0.717, 1.165) is 48.8 Å². The number of hydrogen-bond acceptors (Lipinski definition) is 4. The number of hydrogen-bond donors (Lipinski definition) is 1. The Morgan fingerprint density at radius 2 is 1.58 bits per heavy atom. The van der Waals surface area contributed by atoms with Crippen LogP contribution in [0.2, 0.25) is 15.1 Å². The van der Waals surface area contributed by atoms with Gasteiger partial charge in [-0.05, 0) is 18.2 Å². The lowest BCUT2D eigenvalue weighted by atomic mass is 10.2. The highest BCUT2D eigenvalue weighted by Crippen LogP contribution is 2.33. The van der Waals surface area contributed by atoms with Crippen LogP contribution in [-0.2, 0) is 0 Å². The van der Waals surface area contributed by atoms with Crippen molar-refractivity contribution in [3.8, 4) is 0 Å². The fourth-order valence-electron chi connectivity index (χ4n) is 2.97. The first-order valence-corrected chi connectivity index (χ1v) is 8.69. The number of aromatic nitrogens is 3. The fourth-order valence-corrected chi connectivity index (χ4v) is 3.74. The van der Waals surface area contributed by atoms with E-state index in [0.29, 0.717) is 15.1 Å². The average Bonchev–Trinajstić information content (AvgIpc) is 2.98. The zero-order chi connectivity index (χ0) is 16.7. The Labute approximate surface area is 154 Å². The van der Waals surface area contributed by atoms with Crippen molar-refractivity contribution in [2.75, 3.05) is 36.0 Å². The summed E-state index contributed by atoms with van der Waals surface area (Å²) in [6.07, 6.45) is 3.25. The van der Waals surface area contributed by atoms with Crippen molar-refractivity contribution in [3.63, 3.8) is 0 Å². The molecule has 1 aliphatic rings. The molecule has 3 aromatic rings. The van der Waals surface area contributed by atoms with Crippen LogP contribution in [0.3, 0.4) is 0 Å². The molecule has 0 spiro atoms. The van der Waals surface area contributed by atoms with E-state index in [1.807, 2.05) is 18.2 Å². The molecular weight excluding hydrogens is 369 g/mol. The first-order valence-electron chi connectivity index (χ1n) is 7.56. The molecule has 1 fully saturated rings. The third kappa shape index (κ3) is 2.88. The Kier molecular flexibility index (Phi) is 4.16. The van der Waals surface area contributed by atoms with Crippen LogP contribution in [0.5, 0.6) is 0 Å². The lowest BCUT2D eigenvalue weighted by Gasteiger charge is -2.36. The number of halogens is 3. The highest BCUT2D eigenvalue weighted by molar-refractivity contribution is 6.38. The van der Waals surface area contributed by atoms with E-state index >= 15 is 0 Å². The molecule has 2 aromatic heterocycles. The van der Waals surface area contributed by atoms with Gasteiger partial charge in [0.25, 0.3) is 0 Å². The van der Waals surface area contributed by atoms with Gasteiger partial charge in [0, 0.05) is 43.6 Å². The molecule has 8 heteroatoms. The summed E-state index contributed by atoms with van der Waals surface area (Å²) in [5, 5.41) is 1.85. The van der Waals surface area contributed by atoms with Crippen LogP contribution in [0.15, 0.2) is 30.6 Å². The van der Waals surface area contributed by atoms with E-state index in [1.54, 1.807) is 12.4 Å². The molecule has 124 valence electrons. The fraction of sp³-hybridized carbons (Fsp3) is 0.250. The molecule has 0 atom stereocenters. The molecule has 5 nitrogen and oxygen atoms in total. The van der Waals surface area contributed by atoms with Crippen LogP contribution < -0.4 is 9.80 Å². The number of imidazole rings is 1. The summed E-state index contributed by atoms with van der Waals surface area (Å²) >= 11 is 18.5. The molecule has 3 heterocycles. The standard InChI is InChI=1S/C16H14Cl3N5/c17-10-1-2-13-14(7-10)22-16(21-13)24-5-3-23(4-6-24)15-11(18)8-20-9-12(15)19/h1-2,7-9H,3-6H2,(H,21,22). The molecule has 0 bridgehead atoms. The largest absolute Gasteiger partial charge is 0.365 e. The van der Waals surface area contributed by atoms with Crippen LogP contribution in [0.4, 0.5) is 11.6 Å². The summed E-state index contributed by atoms with van der Waals surface area (Å²) in [5.74, 6) is 0.860. The summed E-state index contributed by atoms with van der Waals surface area (Å²) in [4.78, 5) is 16.4. The van der Waals surface area contributed by atoms with Gasteiger partial charge in [-0.15, -0.1) is 0 Å². The van der Waals surface area contributed by atoms with Crippen LogP contribution in [0.1, 0.15) is 0 Å². The predicted octanol–water partition coefficient (Wildman–Crippen LogP) is 4.24. The lowest BCUT2D eigenvalue weighted by Crippen LogP contribution is -2.47. The second-order valence-corrected chi connectivity index (χ2v) is 6.90. The van der Waals surface area contributed by atoms with Crippen molar-refractivity contribution in [3.05, 3.63) is 45.7 Å². The molecule has 4 rings (SSSR count). The molecule has 1 N–H and O–H groups in total. The van der Waals surface area contributed by atoms with Gasteiger partial charge in [-0.2, -0.15) is 0 Å². The Hall–Kier alpha value is -1.69. The minimum absolute atomic E-state index is 0.578. The van der Waals surface area contributed by atoms with Crippen LogP contribution in [-0.4, -0.2) is 41.1 Å². The first-order chi connectivity index (χ1) is 11.6. The second-order valence-electron chi connectivity index (χ2n) is 5.65. The quantitative estimate of drug-likeness (QED) is 0.720. The van der Waals surface area contributed by atoms with Crippen LogP contribution >= 0.6 is 34.8 Å². The monoisotopic (exact) mass is 381 g/mol. The highest BCUT2D eigenvalue weighted by atomic mass is 35.5. The number of piperazine rings is 1. The number of aromatic amines is 1. The summed E-state index contributed by atoms with van der Waals surface area (Å²) in [5.41, 5.74) is 2.71. The topological polar surface area (TPSA) is 48.1 Å². The molecule has 0 saturated carbocycles. The normalized spacial score (nSPS) is 15.3. The molecule has 24 heavy (non-hydrogen) atoms. The molecule has 0 radical (unpaired) electrons. The van der Waals surface area contributed by atoms with Gasteiger partial charge in [-0.1, -0.05) is 34.8 Å². The minimum atomic E-state index is 0.578. The van der Waals surface area contributed by atoms with Crippen molar-refractivity contribution < 1.29 is 0 Å². The number of rotatable bonds is 2. The van der Waals surface area contributed by atoms with E-state index in [9.17, 15) is 0 Å². The van der Waals surface area contributed by atoms with Crippen molar-refractivity contribution in [2.45, 2.75) is 0 Å². The number of anilines is 2. The molecule has 0 aliphatic carbocycles. The number of fused-ring (bicyclic) bond motifs is 1. The van der Waals surface area contributed by atoms with Crippen molar-refractivity contribution >= 4 is 57.5 Å². The van der Waals surface area contributed by atoms with Crippen molar-refractivity contribution in [2.24, 2.45) is 0 Å². The summed E-state index contributed by atoms with van der Waals surface area (Å²) in [7, 11) is 0. The molecule has 1 aliphatic heterocycles. The van der Waals surface area contributed by atoms with Gasteiger partial charge in [0.1, 0.15) is 0 Å². The lowest BCUT2D eigenvalue weighted by molar-refractivity contribution is 0.643. The van der Waals surface area contributed by atoms with E-state index in [2.05, 4.69) is 24.8 Å². The van der Waals surface area contributed by atoms with E-state index < -0.39 is 0 Å². The average molecular weight is 383 g/mol. The number of nitrogens with one attached hydrogen (secondary N) is 1. The van der Waals surface area contributed by atoms with Gasteiger partial charge < -0.3 is 14.8 Å². The molecule has 1 aromatic carbocycles. The summed E-state index contributed by atoms with van der Waals surface area (Å²) in [6, 6.07) is 5.66. The molecule has 0 amide bonds. The molecule has 1 saturated heterocycles. The molecular formula is C16H14Cl3N5.